The highest BCUT2D eigenvalue weighted by Gasteiger charge is 2.39. The van der Waals surface area contributed by atoms with Crippen LogP contribution in [0.2, 0.25) is 0 Å². The highest BCUT2D eigenvalue weighted by atomic mass is 79.9. The number of halogens is 7. The summed E-state index contributed by atoms with van der Waals surface area (Å²) in [6.07, 6.45) is -3.51. The Bertz CT molecular complexity index is 1330. The summed E-state index contributed by atoms with van der Waals surface area (Å²) >= 11 is 3.26. The minimum Gasteiger partial charge on any atom is -0.481 e. The molecule has 3 aromatic rings. The second kappa shape index (κ2) is 11.2. The van der Waals surface area contributed by atoms with Crippen molar-refractivity contribution in [2.24, 2.45) is 5.73 Å². The van der Waals surface area contributed by atoms with Gasteiger partial charge < -0.3 is 15.4 Å². The number of carbonyl (C=O) groups is 1. The second-order valence-corrected chi connectivity index (χ2v) is 8.55. The molecule has 1 aromatic carbocycles. The molecule has 14 heteroatoms. The zero-order valence-corrected chi connectivity index (χ0v) is 21.6. The van der Waals surface area contributed by atoms with E-state index in [0.717, 1.165) is 12.3 Å². The topological polar surface area (TPSA) is 84.6 Å². The summed E-state index contributed by atoms with van der Waals surface area (Å²) in [6, 6.07) is 5.84. The van der Waals surface area contributed by atoms with E-state index in [2.05, 4.69) is 25.9 Å². The molecule has 3 heterocycles. The van der Waals surface area contributed by atoms with Crippen molar-refractivity contribution in [3.05, 3.63) is 69.6 Å². The zero-order chi connectivity index (χ0) is 26.2. The van der Waals surface area contributed by atoms with Gasteiger partial charge in [-0.3, -0.25) is 9.69 Å². The number of fused-ring (bicyclic) bond motifs is 1. The van der Waals surface area contributed by atoms with Gasteiger partial charge in [-0.2, -0.15) is 13.2 Å². The molecule has 1 amide bonds. The lowest BCUT2D eigenvalue weighted by Gasteiger charge is -2.39. The van der Waals surface area contributed by atoms with Crippen LogP contribution >= 0.6 is 28.3 Å². The van der Waals surface area contributed by atoms with E-state index in [9.17, 15) is 26.7 Å². The third-order valence-corrected chi connectivity index (χ3v) is 6.20. The van der Waals surface area contributed by atoms with Gasteiger partial charge in [0.05, 0.1) is 30.2 Å². The van der Waals surface area contributed by atoms with Gasteiger partial charge in [0.1, 0.15) is 17.0 Å². The van der Waals surface area contributed by atoms with Crippen LogP contribution in [0, 0.1) is 11.6 Å². The number of ether oxygens (including phenoxy) is 1. The van der Waals surface area contributed by atoms with Crippen LogP contribution in [0.3, 0.4) is 0 Å². The fraction of sp³-hybridized carbons (Fsp3) is 0.261. The third kappa shape index (κ3) is 5.48. The Morgan fingerprint density at radius 1 is 1.11 bits per heavy atom. The molecule has 2 aromatic heterocycles. The molecule has 0 saturated carbocycles. The molecule has 2 N–H and O–H groups in total. The van der Waals surface area contributed by atoms with E-state index in [1.54, 1.807) is 0 Å². The number of aromatic nitrogens is 2. The minimum absolute atomic E-state index is 0. The van der Waals surface area contributed by atoms with Crippen molar-refractivity contribution in [1.29, 1.82) is 0 Å². The Hall–Kier alpha value is -3.03. The molecule has 7 nitrogen and oxygen atoms in total. The number of pyridine rings is 2. The number of alkyl halides is 3. The van der Waals surface area contributed by atoms with Gasteiger partial charge in [0.15, 0.2) is 11.6 Å². The van der Waals surface area contributed by atoms with E-state index in [1.807, 2.05) is 0 Å². The van der Waals surface area contributed by atoms with E-state index >= 15 is 0 Å². The van der Waals surface area contributed by atoms with Gasteiger partial charge in [0.25, 0.3) is 5.91 Å². The van der Waals surface area contributed by atoms with Gasteiger partial charge in [-0.25, -0.2) is 18.7 Å². The van der Waals surface area contributed by atoms with Crippen molar-refractivity contribution in [3.8, 4) is 5.88 Å². The van der Waals surface area contributed by atoms with Crippen molar-refractivity contribution in [2.45, 2.75) is 19.0 Å². The maximum atomic E-state index is 14.9. The van der Waals surface area contributed by atoms with E-state index in [0.29, 0.717) is 12.5 Å². The lowest BCUT2D eigenvalue weighted by atomic mass is 10.0. The lowest BCUT2D eigenvalue weighted by Crippen LogP contribution is -2.45. The summed E-state index contributed by atoms with van der Waals surface area (Å²) in [5, 5.41) is 0. The molecule has 0 spiro atoms. The van der Waals surface area contributed by atoms with Crippen LogP contribution in [0.15, 0.2) is 41.1 Å². The molecule has 0 atom stereocenters. The summed E-state index contributed by atoms with van der Waals surface area (Å²) in [4.78, 5) is 23.7. The first kappa shape index (κ1) is 28.5. The van der Waals surface area contributed by atoms with E-state index < -0.39 is 29.4 Å². The number of hydrogen-bond donors (Lipinski definition) is 1. The first-order valence-corrected chi connectivity index (χ1v) is 11.4. The molecule has 0 unspecified atom stereocenters. The van der Waals surface area contributed by atoms with Crippen LogP contribution in [-0.2, 0) is 12.6 Å². The highest BCUT2D eigenvalue weighted by Crippen LogP contribution is 2.41. The number of nitrogens with two attached hydrogens (primary N) is 1. The number of benzene rings is 1. The number of methoxy groups -OCH3 is 1. The Morgan fingerprint density at radius 3 is 2.43 bits per heavy atom. The third-order valence-electron chi connectivity index (χ3n) is 5.62. The lowest BCUT2D eigenvalue weighted by molar-refractivity contribution is -0.141. The number of nitrogens with zero attached hydrogens (tertiary/aromatic N) is 4. The SMILES string of the molecule is COc1ccc(N2CN(c3ccc(F)c(F)c3CCCN)c3cnc(C(F)(F)F)cc3C2=O)c(Br)n1.Cl. The number of hydrogen-bond acceptors (Lipinski definition) is 6. The first-order valence-electron chi connectivity index (χ1n) is 10.6. The maximum Gasteiger partial charge on any atom is 0.433 e. The first-order chi connectivity index (χ1) is 17.1. The molecule has 198 valence electrons. The van der Waals surface area contributed by atoms with Gasteiger partial charge in [-0.1, -0.05) is 0 Å². The Morgan fingerprint density at radius 2 is 1.81 bits per heavy atom. The number of amides is 1. The molecule has 4 rings (SSSR count). The molecule has 1 aliphatic heterocycles. The molecule has 37 heavy (non-hydrogen) atoms. The zero-order valence-electron chi connectivity index (χ0n) is 19.2. The Labute approximate surface area is 223 Å². The smallest absolute Gasteiger partial charge is 0.433 e. The molecule has 0 saturated heterocycles. The minimum atomic E-state index is -4.81. The molecule has 1 aliphatic rings. The second-order valence-electron chi connectivity index (χ2n) is 7.80. The van der Waals surface area contributed by atoms with Crippen LogP contribution in [0.4, 0.5) is 39.0 Å². The van der Waals surface area contributed by atoms with Crippen molar-refractivity contribution in [2.75, 3.05) is 30.1 Å². The van der Waals surface area contributed by atoms with E-state index in [-0.39, 0.29) is 70.7 Å². The van der Waals surface area contributed by atoms with Crippen LogP contribution in [0.1, 0.15) is 28.0 Å². The predicted molar refractivity (Wildman–Crippen MR) is 133 cm³/mol. The number of rotatable bonds is 6. The number of anilines is 3. The van der Waals surface area contributed by atoms with Crippen LogP contribution < -0.4 is 20.3 Å². The summed E-state index contributed by atoms with van der Waals surface area (Å²) in [6.45, 7) is -0.0380. The van der Waals surface area contributed by atoms with Crippen molar-refractivity contribution < 1.29 is 31.5 Å². The summed E-state index contributed by atoms with van der Waals surface area (Å²) in [5.74, 6) is -2.70. The van der Waals surface area contributed by atoms with Gasteiger partial charge in [0.2, 0.25) is 5.88 Å². The summed E-state index contributed by atoms with van der Waals surface area (Å²) in [7, 11) is 1.40. The van der Waals surface area contributed by atoms with Gasteiger partial charge in [-0.15, -0.1) is 12.4 Å². The molecule has 0 aliphatic carbocycles. The van der Waals surface area contributed by atoms with Gasteiger partial charge >= 0.3 is 6.18 Å². The summed E-state index contributed by atoms with van der Waals surface area (Å²) in [5.41, 5.74) is 4.37. The van der Waals surface area contributed by atoms with Gasteiger partial charge in [-0.05, 0) is 59.6 Å². The van der Waals surface area contributed by atoms with Crippen molar-refractivity contribution >= 4 is 51.3 Å². The van der Waals surface area contributed by atoms with E-state index in [4.69, 9.17) is 10.5 Å². The fourth-order valence-electron chi connectivity index (χ4n) is 3.89. The fourth-order valence-corrected chi connectivity index (χ4v) is 4.41. The monoisotopic (exact) mass is 607 g/mol. The van der Waals surface area contributed by atoms with Crippen LogP contribution in [-0.4, -0.2) is 36.2 Å². The summed E-state index contributed by atoms with van der Waals surface area (Å²) < 4.78 is 74.5. The molecular formula is C23H20BrClF5N5O2. The van der Waals surface area contributed by atoms with Crippen molar-refractivity contribution in [1.82, 2.24) is 9.97 Å². The van der Waals surface area contributed by atoms with Crippen LogP contribution in [0.25, 0.3) is 0 Å². The van der Waals surface area contributed by atoms with Gasteiger partial charge in [0, 0.05) is 17.3 Å². The highest BCUT2D eigenvalue weighted by molar-refractivity contribution is 9.10. The molecule has 0 radical (unpaired) electrons. The Kier molecular flexibility index (Phi) is 8.60. The predicted octanol–water partition coefficient (Wildman–Crippen LogP) is 5.61. The molecule has 0 bridgehead atoms. The average Bonchev–Trinajstić information content (AvgIpc) is 2.85. The normalized spacial score (nSPS) is 13.4. The largest absolute Gasteiger partial charge is 0.481 e. The van der Waals surface area contributed by atoms with Crippen molar-refractivity contribution in [3.63, 3.8) is 0 Å². The quantitative estimate of drug-likeness (QED) is 0.289. The Balaban J connectivity index is 0.00000380. The molecular weight excluding hydrogens is 589 g/mol. The van der Waals surface area contributed by atoms with Crippen LogP contribution in [0.5, 0.6) is 5.88 Å². The number of carbonyl (C=O) groups excluding carboxylic acids is 1. The van der Waals surface area contributed by atoms with E-state index in [1.165, 1.54) is 35.1 Å². The standard InChI is InChI=1S/C23H19BrF5N5O2.ClH/c1-36-19-7-6-16(21(24)32-19)34-11-33(15-5-4-14(25)20(26)12(15)3-2-8-30)17-10-31-18(23(27,28)29)9-13(17)22(34)35;/h4-7,9-10H,2-3,8,11,30H2,1H3;1H. The molecule has 0 fully saturated rings. The maximum absolute atomic E-state index is 14.9. The average molecular weight is 609 g/mol.